The number of rotatable bonds is 2. The molecule has 6 heteroatoms. The molecule has 0 spiro atoms. The third kappa shape index (κ3) is 2.04. The molecular weight excluding hydrogens is 194 g/mol. The molecule has 4 N–H and O–H groups in total. The highest BCUT2D eigenvalue weighted by atomic mass is 16.3. The van der Waals surface area contributed by atoms with E-state index in [-0.39, 0.29) is 11.9 Å². The first-order chi connectivity index (χ1) is 7.16. The second kappa shape index (κ2) is 3.82. The first-order valence-corrected chi connectivity index (χ1v) is 4.76. The van der Waals surface area contributed by atoms with E-state index in [9.17, 15) is 5.11 Å². The summed E-state index contributed by atoms with van der Waals surface area (Å²) in [5.41, 5.74) is 5.64. The molecule has 1 atom stereocenters. The van der Waals surface area contributed by atoms with Crippen LogP contribution in [0, 0.1) is 5.41 Å². The van der Waals surface area contributed by atoms with Crippen LogP contribution in [0.4, 0.5) is 5.82 Å². The number of nitrogens with one attached hydrogen (secondary N) is 1. The Morgan fingerprint density at radius 2 is 2.33 bits per heavy atom. The molecule has 0 radical (unpaired) electrons. The molecule has 1 saturated heterocycles. The third-order valence-corrected chi connectivity index (χ3v) is 2.40. The van der Waals surface area contributed by atoms with E-state index in [1.54, 1.807) is 6.20 Å². The number of aromatic nitrogens is 2. The molecule has 0 aromatic carbocycles. The largest absolute Gasteiger partial charge is 0.391 e. The lowest BCUT2D eigenvalue weighted by atomic mass is 10.3. The van der Waals surface area contributed by atoms with Crippen molar-refractivity contribution in [2.75, 3.05) is 18.0 Å². The topological polar surface area (TPSA) is 99.1 Å². The number of aliphatic hydroxyl groups is 1. The number of nitrogens with zero attached hydrogens (tertiary/aromatic N) is 3. The van der Waals surface area contributed by atoms with Crippen molar-refractivity contribution in [2.24, 2.45) is 5.73 Å². The van der Waals surface area contributed by atoms with Crippen molar-refractivity contribution in [2.45, 2.75) is 12.5 Å². The summed E-state index contributed by atoms with van der Waals surface area (Å²) < 4.78 is 0. The fourth-order valence-electron chi connectivity index (χ4n) is 1.57. The maximum absolute atomic E-state index is 9.36. The van der Waals surface area contributed by atoms with Crippen LogP contribution in [0.5, 0.6) is 0 Å². The Balaban J connectivity index is 2.13. The first kappa shape index (κ1) is 9.85. The van der Waals surface area contributed by atoms with E-state index in [1.807, 2.05) is 4.90 Å². The molecule has 15 heavy (non-hydrogen) atoms. The minimum absolute atomic E-state index is 0.0875. The molecule has 1 aromatic rings. The summed E-state index contributed by atoms with van der Waals surface area (Å²) in [6.07, 6.45) is 3.53. The Hall–Kier alpha value is -1.69. The third-order valence-electron chi connectivity index (χ3n) is 2.40. The normalized spacial score (nSPS) is 20.6. The molecule has 0 aliphatic carbocycles. The van der Waals surface area contributed by atoms with E-state index < -0.39 is 0 Å². The first-order valence-electron chi connectivity index (χ1n) is 4.76. The number of hydrogen-bond acceptors (Lipinski definition) is 5. The van der Waals surface area contributed by atoms with Crippen LogP contribution in [-0.4, -0.2) is 40.1 Å². The molecule has 1 aliphatic heterocycles. The lowest BCUT2D eigenvalue weighted by Crippen LogP contribution is -2.23. The van der Waals surface area contributed by atoms with Crippen molar-refractivity contribution < 1.29 is 5.11 Å². The van der Waals surface area contributed by atoms with Crippen LogP contribution in [0.3, 0.4) is 0 Å². The van der Waals surface area contributed by atoms with Gasteiger partial charge in [-0.25, -0.2) is 9.97 Å². The monoisotopic (exact) mass is 207 g/mol. The van der Waals surface area contributed by atoms with Crippen molar-refractivity contribution in [3.63, 3.8) is 0 Å². The lowest BCUT2D eigenvalue weighted by molar-refractivity contribution is 0.198. The van der Waals surface area contributed by atoms with Crippen LogP contribution in [-0.2, 0) is 0 Å². The van der Waals surface area contributed by atoms with Crippen molar-refractivity contribution in [3.8, 4) is 0 Å². The van der Waals surface area contributed by atoms with Gasteiger partial charge in [0.1, 0.15) is 17.3 Å². The zero-order valence-electron chi connectivity index (χ0n) is 8.22. The Morgan fingerprint density at radius 3 is 2.80 bits per heavy atom. The molecule has 80 valence electrons. The minimum Gasteiger partial charge on any atom is -0.391 e. The number of β-amino-alcohol motifs (C(OH)–C–C–N with tert-alkyl or cyclic N) is 1. The molecule has 1 unspecified atom stereocenters. The van der Waals surface area contributed by atoms with Gasteiger partial charge in [0, 0.05) is 13.1 Å². The summed E-state index contributed by atoms with van der Waals surface area (Å²) in [6, 6.07) is 0. The number of aliphatic hydroxyl groups excluding tert-OH is 1. The van der Waals surface area contributed by atoms with Crippen molar-refractivity contribution in [1.29, 1.82) is 5.41 Å². The van der Waals surface area contributed by atoms with Gasteiger partial charge >= 0.3 is 0 Å². The molecule has 2 heterocycles. The summed E-state index contributed by atoms with van der Waals surface area (Å²) in [4.78, 5) is 10.1. The highest BCUT2D eigenvalue weighted by Crippen LogP contribution is 2.16. The standard InChI is InChI=1S/C9H13N5O/c10-9(11)7-3-13-8(4-12-7)14-2-1-6(15)5-14/h3-4,6,15H,1-2,5H2,(H3,10,11). The van der Waals surface area contributed by atoms with Gasteiger partial charge in [-0.05, 0) is 6.42 Å². The summed E-state index contributed by atoms with van der Waals surface area (Å²) in [6.45, 7) is 1.38. The average molecular weight is 207 g/mol. The van der Waals surface area contributed by atoms with E-state index in [0.717, 1.165) is 18.8 Å². The van der Waals surface area contributed by atoms with E-state index in [2.05, 4.69) is 9.97 Å². The Morgan fingerprint density at radius 1 is 1.53 bits per heavy atom. The predicted molar refractivity (Wildman–Crippen MR) is 55.9 cm³/mol. The highest BCUT2D eigenvalue weighted by molar-refractivity contribution is 5.92. The maximum atomic E-state index is 9.36. The summed E-state index contributed by atoms with van der Waals surface area (Å²) in [5, 5.41) is 16.5. The average Bonchev–Trinajstić information content (AvgIpc) is 2.65. The second-order valence-electron chi connectivity index (χ2n) is 3.56. The van der Waals surface area contributed by atoms with Crippen LogP contribution in [0.1, 0.15) is 12.1 Å². The van der Waals surface area contributed by atoms with E-state index >= 15 is 0 Å². The molecule has 0 bridgehead atoms. The van der Waals surface area contributed by atoms with Gasteiger partial charge in [0.25, 0.3) is 0 Å². The van der Waals surface area contributed by atoms with Crippen molar-refractivity contribution >= 4 is 11.7 Å². The van der Waals surface area contributed by atoms with Gasteiger partial charge in [-0.1, -0.05) is 0 Å². The number of amidine groups is 1. The van der Waals surface area contributed by atoms with Crippen LogP contribution in [0.2, 0.25) is 0 Å². The van der Waals surface area contributed by atoms with E-state index in [1.165, 1.54) is 6.20 Å². The molecule has 0 amide bonds. The number of hydrogen-bond donors (Lipinski definition) is 3. The Kier molecular flexibility index (Phi) is 2.51. The minimum atomic E-state index is -0.278. The lowest BCUT2D eigenvalue weighted by Gasteiger charge is -2.15. The Labute approximate surface area is 87.3 Å². The van der Waals surface area contributed by atoms with Gasteiger partial charge in [-0.15, -0.1) is 0 Å². The second-order valence-corrected chi connectivity index (χ2v) is 3.56. The Bertz CT molecular complexity index is 363. The smallest absolute Gasteiger partial charge is 0.147 e. The van der Waals surface area contributed by atoms with Crippen molar-refractivity contribution in [3.05, 3.63) is 18.1 Å². The molecule has 1 fully saturated rings. The van der Waals surface area contributed by atoms with Crippen LogP contribution >= 0.6 is 0 Å². The fraction of sp³-hybridized carbons (Fsp3) is 0.444. The number of nitrogen functional groups attached to an aromatic ring is 1. The zero-order chi connectivity index (χ0) is 10.8. The van der Waals surface area contributed by atoms with Crippen LogP contribution < -0.4 is 10.6 Å². The molecule has 0 saturated carbocycles. The van der Waals surface area contributed by atoms with Crippen LogP contribution in [0.15, 0.2) is 12.4 Å². The van der Waals surface area contributed by atoms with Crippen molar-refractivity contribution in [1.82, 2.24) is 9.97 Å². The van der Waals surface area contributed by atoms with Gasteiger partial charge < -0.3 is 15.7 Å². The molecule has 2 rings (SSSR count). The summed E-state index contributed by atoms with van der Waals surface area (Å²) in [5.74, 6) is 0.632. The van der Waals surface area contributed by atoms with Gasteiger partial charge in [0.05, 0.1) is 18.5 Å². The highest BCUT2D eigenvalue weighted by Gasteiger charge is 2.21. The van der Waals surface area contributed by atoms with Gasteiger partial charge in [-0.2, -0.15) is 0 Å². The van der Waals surface area contributed by atoms with E-state index in [0.29, 0.717) is 12.2 Å². The number of nitrogens with two attached hydrogens (primary N) is 1. The SMILES string of the molecule is N=C(N)c1cnc(N2CCC(O)C2)cn1. The van der Waals surface area contributed by atoms with Gasteiger partial charge in [-0.3, -0.25) is 5.41 Å². The zero-order valence-corrected chi connectivity index (χ0v) is 8.22. The molecule has 1 aromatic heterocycles. The molecular formula is C9H13N5O. The molecule has 6 nitrogen and oxygen atoms in total. The summed E-state index contributed by atoms with van der Waals surface area (Å²) >= 11 is 0. The van der Waals surface area contributed by atoms with E-state index in [4.69, 9.17) is 11.1 Å². The van der Waals surface area contributed by atoms with Gasteiger partial charge in [0.2, 0.25) is 0 Å². The maximum Gasteiger partial charge on any atom is 0.147 e. The summed E-state index contributed by atoms with van der Waals surface area (Å²) in [7, 11) is 0. The predicted octanol–water partition coefficient (Wildman–Crippen LogP) is -0.668. The fourth-order valence-corrected chi connectivity index (χ4v) is 1.57. The quantitative estimate of drug-likeness (QED) is 0.441. The van der Waals surface area contributed by atoms with Gasteiger partial charge in [0.15, 0.2) is 0 Å². The molecule has 1 aliphatic rings. The number of anilines is 1. The van der Waals surface area contributed by atoms with Crippen LogP contribution in [0.25, 0.3) is 0 Å².